The first-order chi connectivity index (χ1) is 5.53. The summed E-state index contributed by atoms with van der Waals surface area (Å²) in [6.45, 7) is 0. The van der Waals surface area contributed by atoms with Crippen LogP contribution in [0.1, 0.15) is 28.4 Å². The standard InChI is InChI=1S/C8H13NO/c1-9-6-2-3-7(9)5-8(10)4-6/h6-7H,2-5H2,1H3/i4D2. The third-order valence-corrected chi connectivity index (χ3v) is 2.59. The van der Waals surface area contributed by atoms with E-state index in [-0.39, 0.29) is 11.8 Å². The molecule has 2 heteroatoms. The molecule has 10 heavy (non-hydrogen) atoms. The van der Waals surface area contributed by atoms with Gasteiger partial charge in [0.15, 0.2) is 0 Å². The van der Waals surface area contributed by atoms with Gasteiger partial charge in [0.25, 0.3) is 0 Å². The second-order valence-electron chi connectivity index (χ2n) is 3.18. The lowest BCUT2D eigenvalue weighted by Gasteiger charge is -2.29. The van der Waals surface area contributed by atoms with E-state index < -0.39 is 6.37 Å². The summed E-state index contributed by atoms with van der Waals surface area (Å²) in [5, 5.41) is 0. The summed E-state index contributed by atoms with van der Waals surface area (Å²) >= 11 is 0. The van der Waals surface area contributed by atoms with Gasteiger partial charge in [0.2, 0.25) is 0 Å². The second kappa shape index (κ2) is 2.06. The van der Waals surface area contributed by atoms with Gasteiger partial charge in [0.1, 0.15) is 5.78 Å². The van der Waals surface area contributed by atoms with E-state index in [1.54, 1.807) is 0 Å². The summed E-state index contributed by atoms with van der Waals surface area (Å²) < 4.78 is 15.2. The van der Waals surface area contributed by atoms with E-state index in [1.165, 1.54) is 0 Å². The summed E-state index contributed by atoms with van der Waals surface area (Å²) in [6.07, 6.45) is 0.619. The maximum Gasteiger partial charge on any atom is 0.136 e. The summed E-state index contributed by atoms with van der Waals surface area (Å²) in [6, 6.07) is 0.148. The molecule has 0 aromatic heterocycles. The molecule has 2 bridgehead atoms. The van der Waals surface area contributed by atoms with Gasteiger partial charge in [0.05, 0.1) is 0 Å². The number of piperidine rings is 1. The van der Waals surface area contributed by atoms with E-state index in [9.17, 15) is 4.79 Å². The summed E-state index contributed by atoms with van der Waals surface area (Å²) in [5.74, 6) is -0.201. The lowest BCUT2D eigenvalue weighted by atomic mass is 10.0. The molecule has 0 saturated carbocycles. The van der Waals surface area contributed by atoms with E-state index in [0.717, 1.165) is 12.8 Å². The molecule has 0 spiro atoms. The second-order valence-corrected chi connectivity index (χ2v) is 3.18. The molecular weight excluding hydrogens is 126 g/mol. The molecule has 0 N–H and O–H groups in total. The SMILES string of the molecule is [2H]C1([2H])C(=O)CC2CCC1N2C. The molecule has 2 aliphatic rings. The van der Waals surface area contributed by atoms with Crippen LogP contribution < -0.4 is 0 Å². The van der Waals surface area contributed by atoms with E-state index in [2.05, 4.69) is 0 Å². The highest BCUT2D eigenvalue weighted by Gasteiger charge is 2.37. The van der Waals surface area contributed by atoms with Crippen molar-refractivity contribution in [3.63, 3.8) is 0 Å². The zero-order chi connectivity index (χ0) is 8.93. The van der Waals surface area contributed by atoms with Crippen molar-refractivity contribution < 1.29 is 7.54 Å². The van der Waals surface area contributed by atoms with Crippen LogP contribution in [0, 0.1) is 0 Å². The Hall–Kier alpha value is -0.370. The molecule has 2 atom stereocenters. The molecule has 2 nitrogen and oxygen atoms in total. The number of fused-ring (bicyclic) bond motifs is 2. The normalized spacial score (nSPS) is 48.7. The van der Waals surface area contributed by atoms with Gasteiger partial charge >= 0.3 is 0 Å². The molecule has 2 heterocycles. The lowest BCUT2D eigenvalue weighted by Crippen LogP contribution is -2.39. The number of hydrogen-bond donors (Lipinski definition) is 0. The maximum atomic E-state index is 11.3. The van der Waals surface area contributed by atoms with Crippen LogP contribution in [-0.2, 0) is 4.79 Å². The molecule has 0 aliphatic carbocycles. The molecule has 0 amide bonds. The van der Waals surface area contributed by atoms with Crippen molar-refractivity contribution in [1.82, 2.24) is 4.90 Å². The predicted octanol–water partition coefficient (Wildman–Crippen LogP) is 0.812. The zero-order valence-electron chi connectivity index (χ0n) is 8.13. The van der Waals surface area contributed by atoms with Gasteiger partial charge in [-0.25, -0.2) is 0 Å². The molecule has 0 aromatic rings. The third-order valence-electron chi connectivity index (χ3n) is 2.59. The Kier molecular flexibility index (Phi) is 0.925. The minimum Gasteiger partial charge on any atom is -0.300 e. The zero-order valence-corrected chi connectivity index (χ0v) is 6.13. The summed E-state index contributed by atoms with van der Waals surface area (Å²) in [5.41, 5.74) is 0. The molecule has 56 valence electrons. The molecule has 0 radical (unpaired) electrons. The van der Waals surface area contributed by atoms with Gasteiger partial charge in [0, 0.05) is 27.6 Å². The van der Waals surface area contributed by atoms with E-state index in [1.807, 2.05) is 11.9 Å². The predicted molar refractivity (Wildman–Crippen MR) is 38.8 cm³/mol. The number of nitrogens with zero attached hydrogens (tertiary/aromatic N) is 1. The van der Waals surface area contributed by atoms with Crippen molar-refractivity contribution in [3.05, 3.63) is 0 Å². The van der Waals surface area contributed by atoms with Crippen LogP contribution >= 0.6 is 0 Å². The van der Waals surface area contributed by atoms with Gasteiger partial charge < -0.3 is 0 Å². The monoisotopic (exact) mass is 141 g/mol. The first kappa shape index (κ1) is 4.50. The first-order valence-electron chi connectivity index (χ1n) is 4.78. The number of Topliss-reactive ketones (excluding diaryl/α,β-unsaturated/α-hetero) is 1. The third kappa shape index (κ3) is 0.788. The highest BCUT2D eigenvalue weighted by Crippen LogP contribution is 2.31. The smallest absolute Gasteiger partial charge is 0.136 e. The van der Waals surface area contributed by atoms with Crippen LogP contribution in [0.15, 0.2) is 0 Å². The Balaban J connectivity index is 2.32. The average Bonchev–Trinajstić information content (AvgIpc) is 2.27. The highest BCUT2D eigenvalue weighted by atomic mass is 16.1. The quantitative estimate of drug-likeness (QED) is 0.497. The fourth-order valence-electron chi connectivity index (χ4n) is 1.89. The number of ketones is 1. The van der Waals surface area contributed by atoms with Gasteiger partial charge in [-0.05, 0) is 19.9 Å². The molecule has 2 aliphatic heterocycles. The fraction of sp³-hybridized carbons (Fsp3) is 0.875. The largest absolute Gasteiger partial charge is 0.300 e. The van der Waals surface area contributed by atoms with Crippen LogP contribution in [0.3, 0.4) is 0 Å². The van der Waals surface area contributed by atoms with Gasteiger partial charge in [-0.3, -0.25) is 9.69 Å². The molecule has 2 unspecified atom stereocenters. The van der Waals surface area contributed by atoms with Crippen LogP contribution in [-0.4, -0.2) is 29.8 Å². The summed E-state index contributed by atoms with van der Waals surface area (Å²) in [7, 11) is 1.92. The minimum absolute atomic E-state index is 0.163. The maximum absolute atomic E-state index is 11.3. The summed E-state index contributed by atoms with van der Waals surface area (Å²) in [4.78, 5) is 13.3. The molecule has 2 fully saturated rings. The van der Waals surface area contributed by atoms with E-state index in [4.69, 9.17) is 2.74 Å². The number of rotatable bonds is 0. The van der Waals surface area contributed by atoms with Gasteiger partial charge in [-0.2, -0.15) is 0 Å². The number of hydrogen-bond acceptors (Lipinski definition) is 2. The van der Waals surface area contributed by atoms with Gasteiger partial charge in [-0.15, -0.1) is 0 Å². The van der Waals surface area contributed by atoms with Crippen molar-refractivity contribution in [2.75, 3.05) is 7.05 Å². The van der Waals surface area contributed by atoms with Crippen LogP contribution in [0.4, 0.5) is 0 Å². The first-order valence-corrected chi connectivity index (χ1v) is 3.78. The van der Waals surface area contributed by atoms with Crippen LogP contribution in [0.25, 0.3) is 0 Å². The topological polar surface area (TPSA) is 20.3 Å². The van der Waals surface area contributed by atoms with Crippen molar-refractivity contribution in [2.24, 2.45) is 0 Å². The van der Waals surface area contributed by atoms with Crippen LogP contribution in [0.5, 0.6) is 0 Å². The van der Waals surface area contributed by atoms with Gasteiger partial charge in [-0.1, -0.05) is 0 Å². The Morgan fingerprint density at radius 1 is 1.60 bits per heavy atom. The van der Waals surface area contributed by atoms with Crippen molar-refractivity contribution in [1.29, 1.82) is 0 Å². The Morgan fingerprint density at radius 2 is 2.30 bits per heavy atom. The van der Waals surface area contributed by atoms with Crippen LogP contribution in [0.2, 0.25) is 0 Å². The molecule has 2 rings (SSSR count). The minimum atomic E-state index is -1.60. The van der Waals surface area contributed by atoms with Crippen molar-refractivity contribution in [2.45, 2.75) is 37.7 Å². The van der Waals surface area contributed by atoms with Crippen molar-refractivity contribution in [3.8, 4) is 0 Å². The Bertz CT molecular complexity index is 229. The Morgan fingerprint density at radius 3 is 3.10 bits per heavy atom. The molecule has 0 aromatic carbocycles. The number of carbonyl (C=O) groups excluding carboxylic acids is 1. The fourth-order valence-corrected chi connectivity index (χ4v) is 1.89. The average molecular weight is 141 g/mol. The molecular formula is C8H13NO. The number of carbonyl (C=O) groups is 1. The lowest BCUT2D eigenvalue weighted by molar-refractivity contribution is -0.123. The highest BCUT2D eigenvalue weighted by molar-refractivity contribution is 5.80. The van der Waals surface area contributed by atoms with E-state index >= 15 is 0 Å². The van der Waals surface area contributed by atoms with Crippen molar-refractivity contribution >= 4 is 5.78 Å². The molecule has 2 saturated heterocycles. The Labute approximate surface area is 64.0 Å². The van der Waals surface area contributed by atoms with E-state index in [0.29, 0.717) is 12.5 Å².